The molecule has 70 valence electrons. The fourth-order valence-electron chi connectivity index (χ4n) is 0.917. The Labute approximate surface area is 85.1 Å². The van der Waals surface area contributed by atoms with Gasteiger partial charge in [0.15, 0.2) is 0 Å². The van der Waals surface area contributed by atoms with Crippen LogP contribution < -0.4 is 11.5 Å². The quantitative estimate of drug-likeness (QED) is 0.727. The number of anilines is 1. The molecule has 0 bridgehead atoms. The molecule has 0 saturated carbocycles. The van der Waals surface area contributed by atoms with E-state index in [9.17, 15) is 0 Å². The molecular formula is C8H14Cl2N2. The van der Waals surface area contributed by atoms with Crippen molar-refractivity contribution in [3.05, 3.63) is 29.8 Å². The lowest BCUT2D eigenvalue weighted by Crippen LogP contribution is -2.04. The first-order valence-corrected chi connectivity index (χ1v) is 3.38. The summed E-state index contributed by atoms with van der Waals surface area (Å²) >= 11 is 0. The molecular weight excluding hydrogens is 195 g/mol. The van der Waals surface area contributed by atoms with Crippen molar-refractivity contribution in [2.24, 2.45) is 5.73 Å². The Balaban J connectivity index is 0. The van der Waals surface area contributed by atoms with Crippen molar-refractivity contribution < 1.29 is 0 Å². The van der Waals surface area contributed by atoms with E-state index >= 15 is 0 Å². The second kappa shape index (κ2) is 7.22. The first-order chi connectivity index (χ1) is 4.84. The molecule has 12 heavy (non-hydrogen) atoms. The van der Waals surface area contributed by atoms with E-state index in [0.717, 1.165) is 17.7 Å². The smallest absolute Gasteiger partial charge is 0.0347 e. The molecule has 0 atom stereocenters. The predicted octanol–water partition coefficient (Wildman–Crippen LogP) is 1.61. The fourth-order valence-corrected chi connectivity index (χ4v) is 0.917. The van der Waals surface area contributed by atoms with Gasteiger partial charge in [-0.25, -0.2) is 0 Å². The van der Waals surface area contributed by atoms with Crippen molar-refractivity contribution in [3.63, 3.8) is 0 Å². The van der Waals surface area contributed by atoms with Gasteiger partial charge in [0.2, 0.25) is 0 Å². The summed E-state index contributed by atoms with van der Waals surface area (Å²) in [4.78, 5) is 0. The van der Waals surface area contributed by atoms with Crippen molar-refractivity contribution in [3.8, 4) is 0 Å². The lowest BCUT2D eigenvalue weighted by Gasteiger charge is -2.01. The van der Waals surface area contributed by atoms with Crippen LogP contribution in [0.25, 0.3) is 0 Å². The highest BCUT2D eigenvalue weighted by Gasteiger charge is 1.93. The standard InChI is InChI=1S/C8H12N2.2ClH/c9-6-5-7-3-1-2-4-8(7)10;;/h1-4H,5-6,9-10H2;2*1H. The van der Waals surface area contributed by atoms with Crippen molar-refractivity contribution in [2.75, 3.05) is 12.3 Å². The van der Waals surface area contributed by atoms with Crippen LogP contribution in [0.2, 0.25) is 0 Å². The molecule has 0 aliphatic heterocycles. The monoisotopic (exact) mass is 208 g/mol. The first kappa shape index (κ1) is 14.1. The van der Waals surface area contributed by atoms with Crippen molar-refractivity contribution in [2.45, 2.75) is 6.42 Å². The highest BCUT2D eigenvalue weighted by atomic mass is 35.5. The molecule has 0 heterocycles. The molecule has 0 fully saturated rings. The molecule has 4 N–H and O–H groups in total. The lowest BCUT2D eigenvalue weighted by molar-refractivity contribution is 0.971. The Bertz CT molecular complexity index is 216. The van der Waals surface area contributed by atoms with Gasteiger partial charge in [-0.3, -0.25) is 0 Å². The van der Waals surface area contributed by atoms with Gasteiger partial charge in [0.1, 0.15) is 0 Å². The van der Waals surface area contributed by atoms with E-state index < -0.39 is 0 Å². The third-order valence-electron chi connectivity index (χ3n) is 1.47. The summed E-state index contributed by atoms with van der Waals surface area (Å²) in [6.07, 6.45) is 0.868. The van der Waals surface area contributed by atoms with Gasteiger partial charge in [-0.15, -0.1) is 24.8 Å². The van der Waals surface area contributed by atoms with Crippen LogP contribution in [0, 0.1) is 0 Å². The zero-order valence-corrected chi connectivity index (χ0v) is 8.33. The SMILES string of the molecule is Cl.Cl.NCCc1ccccc1N. The third-order valence-corrected chi connectivity index (χ3v) is 1.47. The maximum absolute atomic E-state index is 5.65. The van der Waals surface area contributed by atoms with Gasteiger partial charge in [0.25, 0.3) is 0 Å². The average molecular weight is 209 g/mol. The van der Waals surface area contributed by atoms with Crippen molar-refractivity contribution >= 4 is 30.5 Å². The third kappa shape index (κ3) is 3.81. The largest absolute Gasteiger partial charge is 0.399 e. The minimum atomic E-state index is 0. The number of halogens is 2. The van der Waals surface area contributed by atoms with Crippen LogP contribution in [0.4, 0.5) is 5.69 Å². The van der Waals surface area contributed by atoms with Crippen LogP contribution >= 0.6 is 24.8 Å². The van der Waals surface area contributed by atoms with Gasteiger partial charge in [-0.1, -0.05) is 18.2 Å². The Kier molecular flexibility index (Phi) is 8.49. The molecule has 0 unspecified atom stereocenters. The van der Waals surface area contributed by atoms with E-state index in [2.05, 4.69) is 0 Å². The molecule has 0 aliphatic carbocycles. The molecule has 2 nitrogen and oxygen atoms in total. The number of hydrogen-bond donors (Lipinski definition) is 2. The van der Waals surface area contributed by atoms with Crippen molar-refractivity contribution in [1.82, 2.24) is 0 Å². The van der Waals surface area contributed by atoms with Gasteiger partial charge in [-0.2, -0.15) is 0 Å². The highest BCUT2D eigenvalue weighted by molar-refractivity contribution is 5.85. The second-order valence-electron chi connectivity index (χ2n) is 2.24. The van der Waals surface area contributed by atoms with E-state index in [4.69, 9.17) is 11.5 Å². The second-order valence-corrected chi connectivity index (χ2v) is 2.24. The van der Waals surface area contributed by atoms with E-state index in [1.165, 1.54) is 0 Å². The van der Waals surface area contributed by atoms with Crippen LogP contribution in [-0.4, -0.2) is 6.54 Å². The summed E-state index contributed by atoms with van der Waals surface area (Å²) in [7, 11) is 0. The Morgan fingerprint density at radius 1 is 1.08 bits per heavy atom. The van der Waals surface area contributed by atoms with Gasteiger partial charge in [0.05, 0.1) is 0 Å². The molecule has 4 heteroatoms. The minimum Gasteiger partial charge on any atom is -0.399 e. The van der Waals surface area contributed by atoms with Crippen LogP contribution in [0.5, 0.6) is 0 Å². The molecule has 1 aromatic carbocycles. The van der Waals surface area contributed by atoms with Crippen LogP contribution in [0.1, 0.15) is 5.56 Å². The summed E-state index contributed by atoms with van der Waals surface area (Å²) in [5.41, 5.74) is 13.0. The fraction of sp³-hybridized carbons (Fsp3) is 0.250. The van der Waals surface area contributed by atoms with E-state index in [0.29, 0.717) is 6.54 Å². The molecule has 0 aromatic heterocycles. The summed E-state index contributed by atoms with van der Waals surface area (Å²) < 4.78 is 0. The first-order valence-electron chi connectivity index (χ1n) is 3.38. The molecule has 1 rings (SSSR count). The summed E-state index contributed by atoms with van der Waals surface area (Å²) in [5, 5.41) is 0. The number of nitrogens with two attached hydrogens (primary N) is 2. The molecule has 0 spiro atoms. The number of hydrogen-bond acceptors (Lipinski definition) is 2. The molecule has 1 aromatic rings. The normalized spacial score (nSPS) is 8.08. The van der Waals surface area contributed by atoms with Gasteiger partial charge in [-0.05, 0) is 24.6 Å². The van der Waals surface area contributed by atoms with E-state index in [1.54, 1.807) is 0 Å². The van der Waals surface area contributed by atoms with Crippen LogP contribution in [-0.2, 0) is 6.42 Å². The van der Waals surface area contributed by atoms with E-state index in [-0.39, 0.29) is 24.8 Å². The van der Waals surface area contributed by atoms with Crippen LogP contribution in [0.15, 0.2) is 24.3 Å². The number of nitrogen functional groups attached to an aromatic ring is 1. The lowest BCUT2D eigenvalue weighted by atomic mass is 10.1. The Morgan fingerprint density at radius 2 is 1.67 bits per heavy atom. The zero-order chi connectivity index (χ0) is 7.40. The Hall–Kier alpha value is -0.440. The topological polar surface area (TPSA) is 52.0 Å². The van der Waals surface area contributed by atoms with Gasteiger partial charge >= 0.3 is 0 Å². The summed E-state index contributed by atoms with van der Waals surface area (Å²) in [5.74, 6) is 0. The summed E-state index contributed by atoms with van der Waals surface area (Å²) in [6, 6.07) is 7.80. The molecule has 0 amide bonds. The number of benzene rings is 1. The predicted molar refractivity (Wildman–Crippen MR) is 58.1 cm³/mol. The number of para-hydroxylation sites is 1. The minimum absolute atomic E-state index is 0. The maximum atomic E-state index is 5.65. The Morgan fingerprint density at radius 3 is 2.17 bits per heavy atom. The average Bonchev–Trinajstić information content (AvgIpc) is 1.94. The van der Waals surface area contributed by atoms with Crippen molar-refractivity contribution in [1.29, 1.82) is 0 Å². The molecule has 0 aliphatic rings. The van der Waals surface area contributed by atoms with Gasteiger partial charge in [0, 0.05) is 5.69 Å². The number of rotatable bonds is 2. The van der Waals surface area contributed by atoms with Crippen LogP contribution in [0.3, 0.4) is 0 Å². The maximum Gasteiger partial charge on any atom is 0.0347 e. The zero-order valence-electron chi connectivity index (χ0n) is 6.69. The summed E-state index contributed by atoms with van der Waals surface area (Å²) in [6.45, 7) is 0.661. The van der Waals surface area contributed by atoms with Gasteiger partial charge < -0.3 is 11.5 Å². The molecule has 0 radical (unpaired) electrons. The van der Waals surface area contributed by atoms with E-state index in [1.807, 2.05) is 24.3 Å². The highest BCUT2D eigenvalue weighted by Crippen LogP contribution is 2.09. The molecule has 0 saturated heterocycles.